The quantitative estimate of drug-likeness (QED) is 0.451. The zero-order valence-corrected chi connectivity index (χ0v) is 15.6. The van der Waals surface area contributed by atoms with Gasteiger partial charge in [0.05, 0.1) is 11.5 Å². The Morgan fingerprint density at radius 2 is 1.80 bits per heavy atom. The molecule has 0 amide bonds. The van der Waals surface area contributed by atoms with Crippen molar-refractivity contribution in [3.05, 3.63) is 38.9 Å². The number of piperazine rings is 1. The number of carbonyl (C=O) groups is 1. The van der Waals surface area contributed by atoms with Gasteiger partial charge >= 0.3 is 5.97 Å². The standard InChI is InChI=1S/C17H24ClN3O4/c1-17(2,3)25-16(22)12-20-6-4-19(5-7-20)11-13-8-14(18)10-15(9-13)21(23)24/h8-10H,4-7,11-12H2,1-3H3. The third-order valence-corrected chi connectivity index (χ3v) is 4.02. The third-order valence-electron chi connectivity index (χ3n) is 3.80. The van der Waals surface area contributed by atoms with E-state index in [1.165, 1.54) is 6.07 Å². The monoisotopic (exact) mass is 369 g/mol. The van der Waals surface area contributed by atoms with Crippen LogP contribution in [0.15, 0.2) is 18.2 Å². The van der Waals surface area contributed by atoms with E-state index in [0.29, 0.717) is 11.6 Å². The molecule has 0 unspecified atom stereocenters. The second kappa shape index (κ2) is 8.12. The lowest BCUT2D eigenvalue weighted by molar-refractivity contribution is -0.384. The van der Waals surface area contributed by atoms with Crippen molar-refractivity contribution < 1.29 is 14.5 Å². The average Bonchev–Trinajstić information content (AvgIpc) is 2.46. The maximum absolute atomic E-state index is 11.9. The fourth-order valence-corrected chi connectivity index (χ4v) is 3.00. The van der Waals surface area contributed by atoms with Gasteiger partial charge in [-0.1, -0.05) is 11.6 Å². The molecule has 0 atom stereocenters. The molecule has 1 fully saturated rings. The van der Waals surface area contributed by atoms with Crippen LogP contribution in [0.1, 0.15) is 26.3 Å². The second-order valence-corrected chi connectivity index (χ2v) is 7.65. The molecule has 1 aromatic rings. The van der Waals surface area contributed by atoms with Gasteiger partial charge in [0.25, 0.3) is 5.69 Å². The molecule has 8 heteroatoms. The van der Waals surface area contributed by atoms with E-state index < -0.39 is 10.5 Å². The molecule has 25 heavy (non-hydrogen) atoms. The van der Waals surface area contributed by atoms with Gasteiger partial charge in [-0.2, -0.15) is 0 Å². The predicted molar refractivity (Wildman–Crippen MR) is 95.7 cm³/mol. The Balaban J connectivity index is 1.85. The summed E-state index contributed by atoms with van der Waals surface area (Å²) in [4.78, 5) is 26.6. The molecule has 7 nitrogen and oxygen atoms in total. The van der Waals surface area contributed by atoms with Crippen LogP contribution in [-0.4, -0.2) is 59.0 Å². The predicted octanol–water partition coefficient (Wildman–Crippen LogP) is 2.71. The topological polar surface area (TPSA) is 75.9 Å². The fourth-order valence-electron chi connectivity index (χ4n) is 2.75. The van der Waals surface area contributed by atoms with Gasteiger partial charge in [-0.3, -0.25) is 24.7 Å². The maximum atomic E-state index is 11.9. The van der Waals surface area contributed by atoms with Crippen molar-refractivity contribution in [1.82, 2.24) is 9.80 Å². The fraction of sp³-hybridized carbons (Fsp3) is 0.588. The molecule has 1 saturated heterocycles. The Morgan fingerprint density at radius 3 is 2.36 bits per heavy atom. The van der Waals surface area contributed by atoms with Crippen LogP contribution in [0.3, 0.4) is 0 Å². The molecule has 1 heterocycles. The second-order valence-electron chi connectivity index (χ2n) is 7.21. The lowest BCUT2D eigenvalue weighted by Gasteiger charge is -2.34. The first-order valence-electron chi connectivity index (χ1n) is 8.23. The molecule has 0 saturated carbocycles. The summed E-state index contributed by atoms with van der Waals surface area (Å²) in [5.74, 6) is -0.216. The van der Waals surface area contributed by atoms with Gasteiger partial charge in [-0.25, -0.2) is 0 Å². The number of ether oxygens (including phenoxy) is 1. The van der Waals surface area contributed by atoms with Gasteiger partial charge in [-0.05, 0) is 32.4 Å². The van der Waals surface area contributed by atoms with E-state index >= 15 is 0 Å². The molecule has 138 valence electrons. The number of hydrogen-bond acceptors (Lipinski definition) is 6. The summed E-state index contributed by atoms with van der Waals surface area (Å²) in [6.45, 7) is 9.51. The summed E-state index contributed by atoms with van der Waals surface area (Å²) >= 11 is 5.96. The highest BCUT2D eigenvalue weighted by Gasteiger charge is 2.23. The van der Waals surface area contributed by atoms with E-state index in [9.17, 15) is 14.9 Å². The van der Waals surface area contributed by atoms with Crippen molar-refractivity contribution in [2.45, 2.75) is 32.9 Å². The van der Waals surface area contributed by atoms with Crippen LogP contribution in [0.5, 0.6) is 0 Å². The molecule has 0 bridgehead atoms. The number of nitro groups is 1. The van der Waals surface area contributed by atoms with Crippen LogP contribution >= 0.6 is 11.6 Å². The minimum Gasteiger partial charge on any atom is -0.459 e. The zero-order valence-electron chi connectivity index (χ0n) is 14.8. The number of esters is 1. The molecule has 0 spiro atoms. The number of nitrogens with zero attached hydrogens (tertiary/aromatic N) is 3. The number of nitro benzene ring substituents is 1. The molecule has 0 radical (unpaired) electrons. The largest absolute Gasteiger partial charge is 0.459 e. The van der Waals surface area contributed by atoms with Crippen LogP contribution < -0.4 is 0 Å². The molecule has 1 aliphatic rings. The van der Waals surface area contributed by atoms with Crippen LogP contribution in [0.25, 0.3) is 0 Å². The van der Waals surface area contributed by atoms with Crippen molar-refractivity contribution in [3.8, 4) is 0 Å². The number of halogens is 1. The van der Waals surface area contributed by atoms with Gasteiger partial charge in [0, 0.05) is 49.9 Å². The number of rotatable bonds is 5. The van der Waals surface area contributed by atoms with Crippen LogP contribution in [-0.2, 0) is 16.1 Å². The Labute approximate surface area is 152 Å². The molecule has 2 rings (SSSR count). The molecule has 1 aliphatic heterocycles. The summed E-state index contributed by atoms with van der Waals surface area (Å²) < 4.78 is 5.34. The van der Waals surface area contributed by atoms with E-state index in [0.717, 1.165) is 31.7 Å². The summed E-state index contributed by atoms with van der Waals surface area (Å²) in [6, 6.07) is 4.66. The number of non-ortho nitro benzene ring substituents is 1. The maximum Gasteiger partial charge on any atom is 0.320 e. The molecule has 1 aromatic carbocycles. The van der Waals surface area contributed by atoms with Gasteiger partial charge < -0.3 is 4.74 Å². The smallest absolute Gasteiger partial charge is 0.320 e. The first-order valence-corrected chi connectivity index (χ1v) is 8.60. The van der Waals surface area contributed by atoms with E-state index in [2.05, 4.69) is 9.80 Å². The Hall–Kier alpha value is -1.70. The van der Waals surface area contributed by atoms with Crippen molar-refractivity contribution in [3.63, 3.8) is 0 Å². The Morgan fingerprint density at radius 1 is 1.20 bits per heavy atom. The molecule has 0 aliphatic carbocycles. The van der Waals surface area contributed by atoms with E-state index in [1.807, 2.05) is 20.8 Å². The van der Waals surface area contributed by atoms with Crippen molar-refractivity contribution in [2.75, 3.05) is 32.7 Å². The molecular formula is C17H24ClN3O4. The van der Waals surface area contributed by atoms with E-state index in [4.69, 9.17) is 16.3 Å². The average molecular weight is 370 g/mol. The van der Waals surface area contributed by atoms with Crippen molar-refractivity contribution in [1.29, 1.82) is 0 Å². The van der Waals surface area contributed by atoms with Crippen molar-refractivity contribution in [2.24, 2.45) is 0 Å². The Kier molecular flexibility index (Phi) is 6.37. The molecule has 0 aromatic heterocycles. The number of hydrogen-bond donors (Lipinski definition) is 0. The van der Waals surface area contributed by atoms with Gasteiger partial charge in [0.2, 0.25) is 0 Å². The minimum absolute atomic E-state index is 0.00561. The SMILES string of the molecule is CC(C)(C)OC(=O)CN1CCN(Cc2cc(Cl)cc([N+](=O)[O-])c2)CC1. The van der Waals surface area contributed by atoms with Gasteiger partial charge in [0.1, 0.15) is 5.60 Å². The van der Waals surface area contributed by atoms with E-state index in [1.54, 1.807) is 12.1 Å². The summed E-state index contributed by atoms with van der Waals surface area (Å²) in [5.41, 5.74) is 0.353. The lowest BCUT2D eigenvalue weighted by atomic mass is 10.1. The summed E-state index contributed by atoms with van der Waals surface area (Å²) in [5, 5.41) is 11.3. The highest BCUT2D eigenvalue weighted by atomic mass is 35.5. The van der Waals surface area contributed by atoms with Crippen LogP contribution in [0, 0.1) is 10.1 Å². The molecular weight excluding hydrogens is 346 g/mol. The minimum atomic E-state index is -0.472. The van der Waals surface area contributed by atoms with E-state index in [-0.39, 0.29) is 18.2 Å². The van der Waals surface area contributed by atoms with Crippen LogP contribution in [0.2, 0.25) is 5.02 Å². The summed E-state index contributed by atoms with van der Waals surface area (Å²) in [6.07, 6.45) is 0. The van der Waals surface area contributed by atoms with Gasteiger partial charge in [0.15, 0.2) is 0 Å². The number of carbonyl (C=O) groups excluding carboxylic acids is 1. The molecule has 0 N–H and O–H groups in total. The highest BCUT2D eigenvalue weighted by molar-refractivity contribution is 6.30. The highest BCUT2D eigenvalue weighted by Crippen LogP contribution is 2.22. The van der Waals surface area contributed by atoms with Crippen molar-refractivity contribution >= 4 is 23.3 Å². The zero-order chi connectivity index (χ0) is 18.6. The number of benzene rings is 1. The first-order chi connectivity index (χ1) is 11.6. The van der Waals surface area contributed by atoms with Gasteiger partial charge in [-0.15, -0.1) is 0 Å². The summed E-state index contributed by atoms with van der Waals surface area (Å²) in [7, 11) is 0. The third kappa shape index (κ3) is 6.61. The normalized spacial score (nSPS) is 16.6. The Bertz CT molecular complexity index is 637. The van der Waals surface area contributed by atoms with Crippen LogP contribution in [0.4, 0.5) is 5.69 Å². The first kappa shape index (κ1) is 19.6. The lowest BCUT2D eigenvalue weighted by Crippen LogP contribution is -2.48.